The summed E-state index contributed by atoms with van der Waals surface area (Å²) in [5.41, 5.74) is 5.19. The van der Waals surface area contributed by atoms with Gasteiger partial charge >= 0.3 is 0 Å². The third-order valence-corrected chi connectivity index (χ3v) is 1.22. The molecule has 0 radical (unpaired) electrons. The van der Waals surface area contributed by atoms with Crippen LogP contribution in [-0.2, 0) is 4.74 Å². The molecule has 0 aliphatic heterocycles. The average Bonchev–Trinajstić information content (AvgIpc) is 1.83. The quantitative estimate of drug-likeness (QED) is 0.679. The molecule has 0 saturated carbocycles. The maximum atomic E-state index is 5.54. The van der Waals surface area contributed by atoms with Crippen LogP contribution in [-0.4, -0.2) is 12.2 Å². The van der Waals surface area contributed by atoms with Crippen LogP contribution < -0.4 is 5.73 Å². The molecular weight excluding hydrogens is 138 g/mol. The molecule has 0 aromatic rings. The Morgan fingerprint density at radius 2 is 2.00 bits per heavy atom. The number of nitrogens with two attached hydrogens (primary N) is 1. The van der Waals surface area contributed by atoms with E-state index in [1.54, 1.807) is 6.20 Å². The molecule has 0 bridgehead atoms. The molecule has 0 spiro atoms. The van der Waals surface area contributed by atoms with Crippen molar-refractivity contribution in [3.8, 4) is 0 Å². The van der Waals surface area contributed by atoms with Crippen molar-refractivity contribution in [1.29, 1.82) is 0 Å². The van der Waals surface area contributed by atoms with Crippen LogP contribution in [0.3, 0.4) is 0 Å². The third kappa shape index (κ3) is 7.40. The van der Waals surface area contributed by atoms with Crippen LogP contribution in [0.25, 0.3) is 0 Å². The van der Waals surface area contributed by atoms with E-state index in [2.05, 4.69) is 6.92 Å². The van der Waals surface area contributed by atoms with Crippen LogP contribution in [0, 0.1) is 5.92 Å². The van der Waals surface area contributed by atoms with Crippen molar-refractivity contribution < 1.29 is 4.74 Å². The zero-order chi connectivity index (χ0) is 8.91. The molecule has 0 aromatic carbocycles. The van der Waals surface area contributed by atoms with Gasteiger partial charge in [-0.2, -0.15) is 0 Å². The Balaban J connectivity index is 3.54. The topological polar surface area (TPSA) is 35.2 Å². The first-order chi connectivity index (χ1) is 4.95. The normalized spacial score (nSPS) is 15.6. The van der Waals surface area contributed by atoms with Gasteiger partial charge in [-0.1, -0.05) is 13.0 Å². The highest BCUT2D eigenvalue weighted by molar-refractivity contribution is 4.82. The lowest BCUT2D eigenvalue weighted by atomic mass is 10.1. The highest BCUT2D eigenvalue weighted by Gasteiger charge is 2.10. The van der Waals surface area contributed by atoms with Gasteiger partial charge in [0.25, 0.3) is 0 Å². The molecule has 2 nitrogen and oxygen atoms in total. The van der Waals surface area contributed by atoms with E-state index in [1.165, 1.54) is 0 Å². The molecule has 0 rings (SSSR count). The van der Waals surface area contributed by atoms with Crippen molar-refractivity contribution in [2.45, 2.75) is 33.3 Å². The zero-order valence-corrected chi connectivity index (χ0v) is 7.92. The summed E-state index contributed by atoms with van der Waals surface area (Å²) in [4.78, 5) is 0. The van der Waals surface area contributed by atoms with Gasteiger partial charge in [0, 0.05) is 0 Å². The Morgan fingerprint density at radius 1 is 1.45 bits per heavy atom. The van der Waals surface area contributed by atoms with E-state index in [4.69, 9.17) is 10.5 Å². The summed E-state index contributed by atoms with van der Waals surface area (Å²) < 4.78 is 5.54. The first kappa shape index (κ1) is 10.5. The van der Waals surface area contributed by atoms with E-state index < -0.39 is 0 Å². The van der Waals surface area contributed by atoms with Crippen molar-refractivity contribution in [2.24, 2.45) is 11.7 Å². The monoisotopic (exact) mass is 157 g/mol. The molecule has 0 amide bonds. The van der Waals surface area contributed by atoms with Gasteiger partial charge in [0.05, 0.1) is 12.2 Å². The highest BCUT2D eigenvalue weighted by atomic mass is 16.5. The van der Waals surface area contributed by atoms with Gasteiger partial charge in [-0.3, -0.25) is 0 Å². The van der Waals surface area contributed by atoms with E-state index in [9.17, 15) is 0 Å². The van der Waals surface area contributed by atoms with Crippen molar-refractivity contribution in [1.82, 2.24) is 0 Å². The number of rotatable bonds is 3. The summed E-state index contributed by atoms with van der Waals surface area (Å²) in [6.07, 6.45) is 3.50. The SMILES string of the molecule is CC(C=CN)COC(C)(C)C. The van der Waals surface area contributed by atoms with E-state index >= 15 is 0 Å². The largest absolute Gasteiger partial charge is 0.405 e. The lowest BCUT2D eigenvalue weighted by Gasteiger charge is -2.21. The van der Waals surface area contributed by atoms with Crippen LogP contribution in [0.1, 0.15) is 27.7 Å². The summed E-state index contributed by atoms with van der Waals surface area (Å²) in [5.74, 6) is 0.402. The number of hydrogen-bond donors (Lipinski definition) is 1. The molecule has 0 fully saturated rings. The van der Waals surface area contributed by atoms with Gasteiger partial charge in [-0.25, -0.2) is 0 Å². The fourth-order valence-corrected chi connectivity index (χ4v) is 0.627. The van der Waals surface area contributed by atoms with Gasteiger partial charge < -0.3 is 10.5 Å². The molecule has 66 valence electrons. The van der Waals surface area contributed by atoms with Crippen molar-refractivity contribution >= 4 is 0 Å². The Morgan fingerprint density at radius 3 is 2.36 bits per heavy atom. The number of ether oxygens (including phenoxy) is 1. The molecule has 2 heteroatoms. The fourth-order valence-electron chi connectivity index (χ4n) is 0.627. The molecule has 0 aliphatic rings. The molecule has 1 unspecified atom stereocenters. The summed E-state index contributed by atoms with van der Waals surface area (Å²) in [6.45, 7) is 8.95. The Kier molecular flexibility index (Phi) is 4.19. The predicted molar refractivity (Wildman–Crippen MR) is 48.2 cm³/mol. The van der Waals surface area contributed by atoms with Gasteiger partial charge in [0.15, 0.2) is 0 Å². The molecule has 11 heavy (non-hydrogen) atoms. The maximum absolute atomic E-state index is 5.54. The molecule has 0 saturated heterocycles. The molecular formula is C9H19NO. The second kappa shape index (κ2) is 4.39. The molecule has 2 N–H and O–H groups in total. The molecule has 0 aliphatic carbocycles. The van der Waals surface area contributed by atoms with E-state index in [0.29, 0.717) is 5.92 Å². The fraction of sp³-hybridized carbons (Fsp3) is 0.778. The Hall–Kier alpha value is -0.500. The zero-order valence-electron chi connectivity index (χ0n) is 7.92. The molecule has 0 aromatic heterocycles. The standard InChI is InChI=1S/C9H19NO/c1-8(5-6-10)7-11-9(2,3)4/h5-6,8H,7,10H2,1-4H3. The van der Waals surface area contributed by atoms with Crippen molar-refractivity contribution in [2.75, 3.05) is 6.61 Å². The average molecular weight is 157 g/mol. The second-order valence-corrected chi connectivity index (χ2v) is 3.79. The van der Waals surface area contributed by atoms with Crippen molar-refractivity contribution in [3.05, 3.63) is 12.3 Å². The maximum Gasteiger partial charge on any atom is 0.0598 e. The molecule has 0 heterocycles. The van der Waals surface area contributed by atoms with Crippen molar-refractivity contribution in [3.63, 3.8) is 0 Å². The minimum Gasteiger partial charge on any atom is -0.405 e. The van der Waals surface area contributed by atoms with Gasteiger partial charge in [0.2, 0.25) is 0 Å². The second-order valence-electron chi connectivity index (χ2n) is 3.79. The highest BCUT2D eigenvalue weighted by Crippen LogP contribution is 2.09. The Bertz CT molecular complexity index is 124. The summed E-state index contributed by atoms with van der Waals surface area (Å²) in [5, 5.41) is 0. The predicted octanol–water partition coefficient (Wildman–Crippen LogP) is 1.91. The summed E-state index contributed by atoms with van der Waals surface area (Å²) >= 11 is 0. The van der Waals surface area contributed by atoms with Crippen LogP contribution in [0.15, 0.2) is 12.3 Å². The lowest BCUT2D eigenvalue weighted by Crippen LogP contribution is -2.22. The van der Waals surface area contributed by atoms with E-state index in [0.717, 1.165) is 6.61 Å². The summed E-state index contributed by atoms with van der Waals surface area (Å²) in [6, 6.07) is 0. The lowest BCUT2D eigenvalue weighted by molar-refractivity contribution is -0.0129. The minimum absolute atomic E-state index is 0.0449. The number of hydrogen-bond acceptors (Lipinski definition) is 2. The Labute approximate surface area is 69.4 Å². The first-order valence-corrected chi connectivity index (χ1v) is 3.98. The third-order valence-electron chi connectivity index (χ3n) is 1.22. The van der Waals surface area contributed by atoms with Crippen LogP contribution in [0.4, 0.5) is 0 Å². The first-order valence-electron chi connectivity index (χ1n) is 3.98. The molecule has 1 atom stereocenters. The minimum atomic E-state index is -0.0449. The van der Waals surface area contributed by atoms with Gasteiger partial charge in [0.1, 0.15) is 0 Å². The van der Waals surface area contributed by atoms with Crippen LogP contribution in [0.2, 0.25) is 0 Å². The summed E-state index contributed by atoms with van der Waals surface area (Å²) in [7, 11) is 0. The van der Waals surface area contributed by atoms with E-state index in [1.807, 2.05) is 26.8 Å². The van der Waals surface area contributed by atoms with Gasteiger partial charge in [-0.05, 0) is 32.9 Å². The van der Waals surface area contributed by atoms with Gasteiger partial charge in [-0.15, -0.1) is 0 Å². The van der Waals surface area contributed by atoms with E-state index in [-0.39, 0.29) is 5.60 Å². The smallest absolute Gasteiger partial charge is 0.0598 e. The van der Waals surface area contributed by atoms with Crippen LogP contribution >= 0.6 is 0 Å². The van der Waals surface area contributed by atoms with Crippen LogP contribution in [0.5, 0.6) is 0 Å².